The van der Waals surface area contributed by atoms with E-state index in [-0.39, 0.29) is 11.9 Å². The summed E-state index contributed by atoms with van der Waals surface area (Å²) in [5, 5.41) is 3.89. The fourth-order valence-corrected chi connectivity index (χ4v) is 3.23. The molecule has 21 heavy (non-hydrogen) atoms. The van der Waals surface area contributed by atoms with Gasteiger partial charge in [-0.05, 0) is 18.6 Å². The van der Waals surface area contributed by atoms with Gasteiger partial charge in [0.2, 0.25) is 5.91 Å². The number of aromatic nitrogens is 2. The Kier molecular flexibility index (Phi) is 4.29. The van der Waals surface area contributed by atoms with Crippen LogP contribution in [-0.2, 0) is 11.2 Å². The van der Waals surface area contributed by atoms with E-state index in [0.29, 0.717) is 35.3 Å². The Morgan fingerprint density at radius 1 is 1.33 bits per heavy atom. The lowest BCUT2D eigenvalue weighted by Gasteiger charge is -2.26. The highest BCUT2D eigenvalue weighted by Crippen LogP contribution is 2.32. The Labute approximate surface area is 137 Å². The quantitative estimate of drug-likeness (QED) is 0.864. The Morgan fingerprint density at radius 2 is 2.10 bits per heavy atom. The zero-order valence-corrected chi connectivity index (χ0v) is 13.5. The summed E-state index contributed by atoms with van der Waals surface area (Å²) in [6, 6.07) is 3.78. The zero-order chi connectivity index (χ0) is 15.0. The second-order valence-corrected chi connectivity index (χ2v) is 6.28. The third-order valence-corrected chi connectivity index (χ3v) is 4.64. The number of rotatable bonds is 3. The Hall–Kier alpha value is -0.970. The van der Waals surface area contributed by atoms with E-state index in [1.54, 1.807) is 6.07 Å². The molecule has 0 saturated carbocycles. The molecule has 1 unspecified atom stereocenters. The number of nitrogens with one attached hydrogen (secondary N) is 1. The summed E-state index contributed by atoms with van der Waals surface area (Å²) in [5.41, 5.74) is 1.74. The highest BCUT2D eigenvalue weighted by atomic mass is 35.5. The highest BCUT2D eigenvalue weighted by molar-refractivity contribution is 6.42. The SMILES string of the molecule is O=C1CCC(n2c(CCCl)nc3cc(Cl)c(Cl)cc32)CN1. The molecule has 1 aromatic carbocycles. The van der Waals surface area contributed by atoms with Crippen LogP contribution in [0.1, 0.15) is 24.7 Å². The van der Waals surface area contributed by atoms with Crippen LogP contribution in [0.25, 0.3) is 11.0 Å². The predicted molar refractivity (Wildman–Crippen MR) is 85.5 cm³/mol. The Balaban J connectivity index is 2.11. The number of carbonyl (C=O) groups is 1. The van der Waals surface area contributed by atoms with E-state index in [1.807, 2.05) is 6.07 Å². The van der Waals surface area contributed by atoms with Gasteiger partial charge in [0.05, 0.1) is 27.1 Å². The predicted octanol–water partition coefficient (Wildman–Crippen LogP) is 3.58. The largest absolute Gasteiger partial charge is 0.354 e. The summed E-state index contributed by atoms with van der Waals surface area (Å²) < 4.78 is 2.14. The molecule has 3 rings (SSSR count). The van der Waals surface area contributed by atoms with Crippen molar-refractivity contribution >= 4 is 51.7 Å². The van der Waals surface area contributed by atoms with Crippen molar-refractivity contribution in [1.29, 1.82) is 0 Å². The van der Waals surface area contributed by atoms with E-state index in [0.717, 1.165) is 23.3 Å². The van der Waals surface area contributed by atoms with Crippen molar-refractivity contribution in [1.82, 2.24) is 14.9 Å². The van der Waals surface area contributed by atoms with Gasteiger partial charge in [-0.1, -0.05) is 23.2 Å². The summed E-state index contributed by atoms with van der Waals surface area (Å²) in [6.07, 6.45) is 1.97. The molecule has 4 nitrogen and oxygen atoms in total. The van der Waals surface area contributed by atoms with E-state index >= 15 is 0 Å². The standard InChI is InChI=1S/C14H14Cl3N3O/c15-4-3-13-19-11-5-9(16)10(17)6-12(11)20(13)8-1-2-14(21)18-7-8/h5-6,8H,1-4,7H2,(H,18,21). The first-order valence-corrected chi connectivity index (χ1v) is 8.07. The van der Waals surface area contributed by atoms with Gasteiger partial charge in [-0.25, -0.2) is 4.98 Å². The van der Waals surface area contributed by atoms with Crippen molar-refractivity contribution < 1.29 is 4.79 Å². The van der Waals surface area contributed by atoms with Gasteiger partial charge in [-0.2, -0.15) is 0 Å². The van der Waals surface area contributed by atoms with Gasteiger partial charge in [-0.15, -0.1) is 11.6 Å². The molecular formula is C14H14Cl3N3O. The van der Waals surface area contributed by atoms with E-state index in [1.165, 1.54) is 0 Å². The number of piperidine rings is 1. The van der Waals surface area contributed by atoms with Gasteiger partial charge in [0.15, 0.2) is 0 Å². The number of imidazole rings is 1. The van der Waals surface area contributed by atoms with Gasteiger partial charge in [-0.3, -0.25) is 4.79 Å². The van der Waals surface area contributed by atoms with Gasteiger partial charge in [0, 0.05) is 25.3 Å². The number of halogens is 3. The van der Waals surface area contributed by atoms with E-state index < -0.39 is 0 Å². The van der Waals surface area contributed by atoms with E-state index in [2.05, 4.69) is 14.9 Å². The number of hydrogen-bond donors (Lipinski definition) is 1. The first-order valence-electron chi connectivity index (χ1n) is 6.78. The molecule has 1 aliphatic rings. The number of alkyl halides is 1. The average molecular weight is 347 g/mol. The maximum atomic E-state index is 11.4. The monoisotopic (exact) mass is 345 g/mol. The molecule has 0 bridgehead atoms. The molecule has 1 atom stereocenters. The third-order valence-electron chi connectivity index (χ3n) is 3.73. The topological polar surface area (TPSA) is 46.9 Å². The van der Waals surface area contributed by atoms with Crippen LogP contribution in [0, 0.1) is 0 Å². The molecule has 2 aromatic rings. The van der Waals surface area contributed by atoms with E-state index in [9.17, 15) is 4.79 Å². The molecule has 1 fully saturated rings. The third kappa shape index (κ3) is 2.85. The van der Waals surface area contributed by atoms with Crippen LogP contribution in [-0.4, -0.2) is 27.9 Å². The smallest absolute Gasteiger partial charge is 0.220 e. The van der Waals surface area contributed by atoms with Crippen molar-refractivity contribution in [2.75, 3.05) is 12.4 Å². The minimum absolute atomic E-state index is 0.0932. The highest BCUT2D eigenvalue weighted by Gasteiger charge is 2.24. The number of fused-ring (bicyclic) bond motifs is 1. The number of nitrogens with zero attached hydrogens (tertiary/aromatic N) is 2. The fraction of sp³-hybridized carbons (Fsp3) is 0.429. The molecule has 1 aromatic heterocycles. The molecular weight excluding hydrogens is 333 g/mol. The van der Waals surface area contributed by atoms with Crippen molar-refractivity contribution in [2.45, 2.75) is 25.3 Å². The second-order valence-electron chi connectivity index (χ2n) is 5.09. The van der Waals surface area contributed by atoms with Gasteiger partial charge in [0.25, 0.3) is 0 Å². The average Bonchev–Trinajstić information content (AvgIpc) is 2.78. The number of amides is 1. The summed E-state index contributed by atoms with van der Waals surface area (Å²) in [7, 11) is 0. The number of hydrogen-bond acceptors (Lipinski definition) is 2. The Morgan fingerprint density at radius 3 is 2.76 bits per heavy atom. The van der Waals surface area contributed by atoms with Crippen LogP contribution < -0.4 is 5.32 Å². The minimum Gasteiger partial charge on any atom is -0.354 e. The number of carbonyl (C=O) groups excluding carboxylic acids is 1. The molecule has 0 aliphatic carbocycles. The summed E-state index contributed by atoms with van der Waals surface area (Å²) in [5.74, 6) is 1.49. The zero-order valence-electron chi connectivity index (χ0n) is 11.2. The van der Waals surface area contributed by atoms with Crippen molar-refractivity contribution in [3.05, 3.63) is 28.0 Å². The van der Waals surface area contributed by atoms with Crippen LogP contribution in [0.15, 0.2) is 12.1 Å². The lowest BCUT2D eigenvalue weighted by Crippen LogP contribution is -2.36. The fourth-order valence-electron chi connectivity index (χ4n) is 2.75. The lowest BCUT2D eigenvalue weighted by molar-refractivity contribution is -0.122. The lowest BCUT2D eigenvalue weighted by atomic mass is 10.1. The van der Waals surface area contributed by atoms with Gasteiger partial charge >= 0.3 is 0 Å². The minimum atomic E-state index is 0.0932. The van der Waals surface area contributed by atoms with Crippen LogP contribution >= 0.6 is 34.8 Å². The van der Waals surface area contributed by atoms with Crippen LogP contribution in [0.3, 0.4) is 0 Å². The van der Waals surface area contributed by atoms with Crippen molar-refractivity contribution in [3.63, 3.8) is 0 Å². The normalized spacial score (nSPS) is 19.0. The molecule has 1 aliphatic heterocycles. The van der Waals surface area contributed by atoms with Crippen molar-refractivity contribution in [3.8, 4) is 0 Å². The second kappa shape index (κ2) is 6.03. The first-order chi connectivity index (χ1) is 10.1. The maximum absolute atomic E-state index is 11.4. The van der Waals surface area contributed by atoms with Crippen LogP contribution in [0.2, 0.25) is 10.0 Å². The summed E-state index contributed by atoms with van der Waals surface area (Å²) in [6.45, 7) is 0.597. The van der Waals surface area contributed by atoms with Crippen molar-refractivity contribution in [2.24, 2.45) is 0 Å². The summed E-state index contributed by atoms with van der Waals surface area (Å²) in [4.78, 5) is 16.0. The molecule has 2 heterocycles. The number of aryl methyl sites for hydroxylation is 1. The van der Waals surface area contributed by atoms with E-state index in [4.69, 9.17) is 34.8 Å². The molecule has 1 saturated heterocycles. The maximum Gasteiger partial charge on any atom is 0.220 e. The van der Waals surface area contributed by atoms with Gasteiger partial charge in [0.1, 0.15) is 5.82 Å². The van der Waals surface area contributed by atoms with Crippen LogP contribution in [0.5, 0.6) is 0 Å². The molecule has 0 radical (unpaired) electrons. The Bertz CT molecular complexity index is 688. The molecule has 112 valence electrons. The first kappa shape index (κ1) is 14.9. The van der Waals surface area contributed by atoms with Gasteiger partial charge < -0.3 is 9.88 Å². The summed E-state index contributed by atoms with van der Waals surface area (Å²) >= 11 is 18.1. The molecule has 7 heteroatoms. The molecule has 1 amide bonds. The van der Waals surface area contributed by atoms with Crippen LogP contribution in [0.4, 0.5) is 0 Å². The number of benzene rings is 1. The molecule has 0 spiro atoms. The molecule has 1 N–H and O–H groups in total.